The van der Waals surface area contributed by atoms with Gasteiger partial charge >= 0.3 is 6.18 Å². The van der Waals surface area contributed by atoms with Gasteiger partial charge in [0.25, 0.3) is 5.88 Å². The lowest BCUT2D eigenvalue weighted by molar-refractivity contribution is -0.134. The molecule has 1 N–H and O–H groups in total. The van der Waals surface area contributed by atoms with Gasteiger partial charge < -0.3 is 19.5 Å². The summed E-state index contributed by atoms with van der Waals surface area (Å²) in [5, 5.41) is 6.83. The SMILES string of the molecule is COc1cc(CC(=O)N[C@H]2CC[C@H](CCN3CCc4ccc(CCC(F)(F)F)nc4CC3)CC2)on1. The van der Waals surface area contributed by atoms with E-state index in [0.717, 1.165) is 75.8 Å². The molecule has 2 aromatic heterocycles. The molecule has 10 heteroatoms. The number of aromatic nitrogens is 2. The van der Waals surface area contributed by atoms with Crippen LogP contribution in [0.1, 0.15) is 61.2 Å². The van der Waals surface area contributed by atoms with Crippen LogP contribution in [0.4, 0.5) is 13.2 Å². The van der Waals surface area contributed by atoms with Crippen LogP contribution in [0.2, 0.25) is 0 Å². The minimum absolute atomic E-state index is 0.0571. The Hall–Kier alpha value is -2.62. The number of carbonyl (C=O) groups excluding carboxylic acids is 1. The molecule has 2 aliphatic rings. The number of carbonyl (C=O) groups is 1. The van der Waals surface area contributed by atoms with Gasteiger partial charge in [-0.2, -0.15) is 13.2 Å². The highest BCUT2D eigenvalue weighted by atomic mass is 19.4. The largest absolute Gasteiger partial charge is 0.479 e. The van der Waals surface area contributed by atoms with E-state index in [1.165, 1.54) is 7.11 Å². The van der Waals surface area contributed by atoms with E-state index in [4.69, 9.17) is 9.26 Å². The summed E-state index contributed by atoms with van der Waals surface area (Å²) in [4.78, 5) is 19.3. The Morgan fingerprint density at radius 1 is 1.19 bits per heavy atom. The van der Waals surface area contributed by atoms with Crippen LogP contribution in [0.3, 0.4) is 0 Å². The normalized spacial score (nSPS) is 21.0. The van der Waals surface area contributed by atoms with Gasteiger partial charge in [-0.05, 0) is 74.2 Å². The molecule has 4 rings (SSSR count). The van der Waals surface area contributed by atoms with E-state index in [1.54, 1.807) is 12.1 Å². The number of hydrogen-bond acceptors (Lipinski definition) is 6. The molecular weight excluding hydrogens is 473 g/mol. The third-order valence-corrected chi connectivity index (χ3v) is 7.30. The number of aryl methyl sites for hydroxylation is 1. The van der Waals surface area contributed by atoms with Gasteiger partial charge in [0, 0.05) is 49.4 Å². The van der Waals surface area contributed by atoms with Gasteiger partial charge in [-0.1, -0.05) is 6.07 Å². The van der Waals surface area contributed by atoms with E-state index in [1.807, 2.05) is 6.07 Å². The smallest absolute Gasteiger partial charge is 0.389 e. The summed E-state index contributed by atoms with van der Waals surface area (Å²) in [5.41, 5.74) is 2.65. The van der Waals surface area contributed by atoms with E-state index in [0.29, 0.717) is 23.3 Å². The van der Waals surface area contributed by atoms with Gasteiger partial charge in [-0.25, -0.2) is 0 Å². The Kier molecular flexibility index (Phi) is 8.87. The number of ether oxygens (including phenoxy) is 1. The topological polar surface area (TPSA) is 80.5 Å². The first kappa shape index (κ1) is 26.4. The summed E-state index contributed by atoms with van der Waals surface area (Å²) >= 11 is 0. The van der Waals surface area contributed by atoms with Crippen LogP contribution in [0.25, 0.3) is 0 Å². The maximum absolute atomic E-state index is 12.5. The minimum Gasteiger partial charge on any atom is -0.479 e. The van der Waals surface area contributed by atoms with Crippen molar-refractivity contribution in [1.29, 1.82) is 0 Å². The van der Waals surface area contributed by atoms with Gasteiger partial charge in [-0.15, -0.1) is 0 Å². The summed E-state index contributed by atoms with van der Waals surface area (Å²) in [5.74, 6) is 1.45. The summed E-state index contributed by atoms with van der Waals surface area (Å²) in [6.45, 7) is 2.86. The number of alkyl halides is 3. The number of pyridine rings is 1. The molecule has 0 saturated heterocycles. The molecule has 1 amide bonds. The Morgan fingerprint density at radius 2 is 1.97 bits per heavy atom. The van der Waals surface area contributed by atoms with E-state index in [-0.39, 0.29) is 24.8 Å². The predicted molar refractivity (Wildman–Crippen MR) is 128 cm³/mol. The average molecular weight is 509 g/mol. The molecule has 1 aliphatic heterocycles. The monoisotopic (exact) mass is 508 g/mol. The van der Waals surface area contributed by atoms with Crippen molar-refractivity contribution in [3.05, 3.63) is 40.9 Å². The molecule has 0 spiro atoms. The van der Waals surface area contributed by atoms with E-state index < -0.39 is 12.6 Å². The quantitative estimate of drug-likeness (QED) is 0.545. The van der Waals surface area contributed by atoms with Crippen LogP contribution in [0, 0.1) is 5.92 Å². The van der Waals surface area contributed by atoms with Gasteiger partial charge in [-0.3, -0.25) is 9.78 Å². The molecular formula is C26H35F3N4O3. The first-order chi connectivity index (χ1) is 17.3. The molecule has 2 aromatic rings. The van der Waals surface area contributed by atoms with Gasteiger partial charge in [0.1, 0.15) is 5.76 Å². The van der Waals surface area contributed by atoms with Crippen molar-refractivity contribution in [1.82, 2.24) is 20.4 Å². The van der Waals surface area contributed by atoms with Gasteiger partial charge in [0.05, 0.1) is 13.5 Å². The Morgan fingerprint density at radius 3 is 2.69 bits per heavy atom. The highest BCUT2D eigenvalue weighted by Gasteiger charge is 2.27. The molecule has 36 heavy (non-hydrogen) atoms. The maximum Gasteiger partial charge on any atom is 0.389 e. The Labute approximate surface area is 209 Å². The third-order valence-electron chi connectivity index (χ3n) is 7.30. The molecule has 7 nitrogen and oxygen atoms in total. The van der Waals surface area contributed by atoms with Crippen molar-refractivity contribution < 1.29 is 27.2 Å². The standard InChI is InChI=1S/C26H35F3N4O3/c1-35-25-17-22(36-32-25)16-24(34)31-20-5-2-18(3-6-20)9-13-33-14-10-19-4-7-21(8-12-26(27,28)29)30-23(19)11-15-33/h4,7,17-18,20H,2-3,5-6,8-16H2,1H3,(H,31,34)/t18-,20-. The third kappa shape index (κ3) is 7.94. The zero-order valence-corrected chi connectivity index (χ0v) is 20.8. The van der Waals surface area contributed by atoms with Crippen LogP contribution in [-0.4, -0.2) is 59.9 Å². The van der Waals surface area contributed by atoms with Crippen molar-refractivity contribution in [3.63, 3.8) is 0 Å². The number of amides is 1. The van der Waals surface area contributed by atoms with Crippen molar-refractivity contribution >= 4 is 5.91 Å². The molecule has 1 saturated carbocycles. The Bertz CT molecular complexity index is 1000. The van der Waals surface area contributed by atoms with Crippen LogP contribution in [0.5, 0.6) is 5.88 Å². The average Bonchev–Trinajstić information content (AvgIpc) is 3.20. The summed E-state index contributed by atoms with van der Waals surface area (Å²) in [7, 11) is 1.50. The molecule has 1 fully saturated rings. The number of hydrogen-bond donors (Lipinski definition) is 1. The molecule has 0 radical (unpaired) electrons. The van der Waals surface area contributed by atoms with E-state index >= 15 is 0 Å². The van der Waals surface area contributed by atoms with Gasteiger partial charge in [0.15, 0.2) is 0 Å². The second-order valence-electron chi connectivity index (χ2n) is 9.95. The number of fused-ring (bicyclic) bond motifs is 1. The fourth-order valence-electron chi connectivity index (χ4n) is 5.18. The highest BCUT2D eigenvalue weighted by molar-refractivity contribution is 5.78. The maximum atomic E-state index is 12.5. The van der Waals surface area contributed by atoms with Crippen molar-refractivity contribution in [2.75, 3.05) is 26.7 Å². The summed E-state index contributed by atoms with van der Waals surface area (Å²) in [6, 6.07) is 5.54. The molecule has 198 valence electrons. The lowest BCUT2D eigenvalue weighted by Crippen LogP contribution is -2.39. The number of methoxy groups -OCH3 is 1. The number of nitrogens with zero attached hydrogens (tertiary/aromatic N) is 3. The zero-order chi connectivity index (χ0) is 25.5. The summed E-state index contributed by atoms with van der Waals surface area (Å²) < 4.78 is 47.7. The molecule has 1 aliphatic carbocycles. The molecule has 0 atom stereocenters. The Balaban J connectivity index is 1.15. The van der Waals surface area contributed by atoms with Crippen LogP contribution >= 0.6 is 0 Å². The fraction of sp³-hybridized carbons (Fsp3) is 0.654. The van der Waals surface area contributed by atoms with Gasteiger partial charge in [0.2, 0.25) is 5.91 Å². The first-order valence-electron chi connectivity index (χ1n) is 12.8. The second-order valence-corrected chi connectivity index (χ2v) is 9.95. The molecule has 0 aromatic carbocycles. The number of rotatable bonds is 9. The predicted octanol–water partition coefficient (Wildman–Crippen LogP) is 4.28. The second kappa shape index (κ2) is 12.1. The lowest BCUT2D eigenvalue weighted by atomic mass is 9.84. The van der Waals surface area contributed by atoms with Crippen molar-refractivity contribution in [3.8, 4) is 5.88 Å². The van der Waals surface area contributed by atoms with Crippen molar-refractivity contribution in [2.24, 2.45) is 5.92 Å². The van der Waals surface area contributed by atoms with E-state index in [9.17, 15) is 18.0 Å². The molecule has 0 bridgehead atoms. The molecule has 3 heterocycles. The minimum atomic E-state index is -4.15. The van der Waals surface area contributed by atoms with Crippen LogP contribution < -0.4 is 10.1 Å². The number of halogens is 3. The molecule has 0 unspecified atom stereocenters. The van der Waals surface area contributed by atoms with E-state index in [2.05, 4.69) is 20.4 Å². The van der Waals surface area contributed by atoms with Crippen LogP contribution in [0.15, 0.2) is 22.7 Å². The number of nitrogens with one attached hydrogen (secondary N) is 1. The summed E-state index contributed by atoms with van der Waals surface area (Å²) in [6.07, 6.45) is 2.07. The highest BCUT2D eigenvalue weighted by Crippen LogP contribution is 2.28. The van der Waals surface area contributed by atoms with Crippen LogP contribution in [-0.2, 0) is 30.5 Å². The first-order valence-corrected chi connectivity index (χ1v) is 12.8. The zero-order valence-electron chi connectivity index (χ0n) is 20.8. The lowest BCUT2D eigenvalue weighted by Gasteiger charge is -2.30. The van der Waals surface area contributed by atoms with Crippen molar-refractivity contribution in [2.45, 2.75) is 76.4 Å². The fourth-order valence-corrected chi connectivity index (χ4v) is 5.18.